The van der Waals surface area contributed by atoms with E-state index in [1.165, 1.54) is 12.1 Å². The Morgan fingerprint density at radius 3 is 2.63 bits per heavy atom. The van der Waals surface area contributed by atoms with Gasteiger partial charge in [0.15, 0.2) is 0 Å². The Labute approximate surface area is 158 Å². The van der Waals surface area contributed by atoms with E-state index in [0.29, 0.717) is 43.9 Å². The van der Waals surface area contributed by atoms with Crippen LogP contribution in [0.4, 0.5) is 13.2 Å². The number of benzene rings is 1. The number of carbonyl (C=O) groups is 1. The summed E-state index contributed by atoms with van der Waals surface area (Å²) < 4.78 is 45.4. The molecule has 1 aliphatic heterocycles. The number of aryl methyl sites for hydroxylation is 1. The lowest BCUT2D eigenvalue weighted by atomic mass is 9.97. The number of likely N-dealkylation sites (tertiary alicyclic amines) is 1. The van der Waals surface area contributed by atoms with Crippen LogP contribution in [0.3, 0.4) is 0 Å². The van der Waals surface area contributed by atoms with Crippen LogP contribution in [-0.2, 0) is 17.5 Å². The van der Waals surface area contributed by atoms with Gasteiger partial charge < -0.3 is 9.52 Å². The second-order valence-corrected chi connectivity index (χ2v) is 6.98. The van der Waals surface area contributed by atoms with Crippen molar-refractivity contribution in [2.75, 3.05) is 13.1 Å². The molecule has 1 saturated heterocycles. The molecule has 0 atom stereocenters. The summed E-state index contributed by atoms with van der Waals surface area (Å²) in [6.07, 6.45) is -3.52. The zero-order chi connectivity index (χ0) is 19.8. The molecule has 0 spiro atoms. The van der Waals surface area contributed by atoms with E-state index in [-0.39, 0.29) is 22.4 Å². The predicted molar refractivity (Wildman–Crippen MR) is 92.3 cm³/mol. The predicted octanol–water partition coefficient (Wildman–Crippen LogP) is 4.62. The first-order valence-electron chi connectivity index (χ1n) is 8.44. The van der Waals surface area contributed by atoms with Crippen LogP contribution in [0.1, 0.15) is 29.9 Å². The van der Waals surface area contributed by atoms with Gasteiger partial charge in [0.05, 0.1) is 27.8 Å². The topological polar surface area (TPSA) is 66.6 Å². The molecule has 1 aromatic heterocycles. The van der Waals surface area contributed by atoms with E-state index < -0.39 is 17.7 Å². The van der Waals surface area contributed by atoms with Crippen LogP contribution in [0.2, 0.25) is 5.02 Å². The van der Waals surface area contributed by atoms with E-state index in [0.717, 1.165) is 6.07 Å². The molecule has 1 fully saturated rings. The third-order valence-corrected chi connectivity index (χ3v) is 5.05. The fourth-order valence-electron chi connectivity index (χ4n) is 3.21. The molecule has 1 N–H and O–H groups in total. The number of alkyl halides is 3. The Kier molecular flexibility index (Phi) is 5.48. The first-order valence-corrected chi connectivity index (χ1v) is 8.82. The molecule has 1 aliphatic rings. The normalized spacial score (nSPS) is 16.6. The summed E-state index contributed by atoms with van der Waals surface area (Å²) in [4.78, 5) is 17.3. The SMILES string of the molecule is Cc1oc(-c2c(Cl)cccc2C(F)(F)F)nc1CN1CCC(C(=O)O)CC1. The van der Waals surface area contributed by atoms with Crippen molar-refractivity contribution in [2.45, 2.75) is 32.5 Å². The number of carboxylic acids is 1. The quantitative estimate of drug-likeness (QED) is 0.808. The maximum Gasteiger partial charge on any atom is 0.417 e. The van der Waals surface area contributed by atoms with Crippen LogP contribution in [-0.4, -0.2) is 34.0 Å². The van der Waals surface area contributed by atoms with Gasteiger partial charge in [0.1, 0.15) is 5.76 Å². The van der Waals surface area contributed by atoms with Crippen molar-refractivity contribution in [1.82, 2.24) is 9.88 Å². The summed E-state index contributed by atoms with van der Waals surface area (Å²) in [5.41, 5.74) is -0.650. The molecule has 2 aromatic rings. The average Bonchev–Trinajstić information content (AvgIpc) is 2.94. The van der Waals surface area contributed by atoms with Crippen molar-refractivity contribution in [3.05, 3.63) is 40.2 Å². The van der Waals surface area contributed by atoms with E-state index in [2.05, 4.69) is 4.98 Å². The van der Waals surface area contributed by atoms with Gasteiger partial charge in [-0.3, -0.25) is 9.69 Å². The maximum atomic E-state index is 13.3. The first kappa shape index (κ1) is 19.7. The third-order valence-electron chi connectivity index (χ3n) is 4.74. The van der Waals surface area contributed by atoms with Crippen molar-refractivity contribution in [3.63, 3.8) is 0 Å². The van der Waals surface area contributed by atoms with Gasteiger partial charge in [-0.05, 0) is 45.0 Å². The molecular formula is C18H18ClF3N2O3. The van der Waals surface area contributed by atoms with Crippen molar-refractivity contribution >= 4 is 17.6 Å². The second-order valence-electron chi connectivity index (χ2n) is 6.57. The molecule has 5 nitrogen and oxygen atoms in total. The van der Waals surface area contributed by atoms with Crippen LogP contribution in [0.15, 0.2) is 22.6 Å². The number of rotatable bonds is 4. The van der Waals surface area contributed by atoms with E-state index in [9.17, 15) is 18.0 Å². The Hall–Kier alpha value is -2.06. The summed E-state index contributed by atoms with van der Waals surface area (Å²) in [6.45, 7) is 3.18. The molecule has 0 bridgehead atoms. The number of piperidine rings is 1. The van der Waals surface area contributed by atoms with Crippen molar-refractivity contribution < 1.29 is 27.5 Å². The number of hydrogen-bond acceptors (Lipinski definition) is 4. The number of hydrogen-bond donors (Lipinski definition) is 1. The molecule has 3 rings (SSSR count). The number of oxazole rings is 1. The largest absolute Gasteiger partial charge is 0.481 e. The second kappa shape index (κ2) is 7.52. The van der Waals surface area contributed by atoms with E-state index >= 15 is 0 Å². The summed E-state index contributed by atoms with van der Waals surface area (Å²) >= 11 is 6.00. The highest BCUT2D eigenvalue weighted by Crippen LogP contribution is 2.41. The molecular weight excluding hydrogens is 385 g/mol. The molecule has 2 heterocycles. The van der Waals surface area contributed by atoms with Gasteiger partial charge in [0.2, 0.25) is 5.89 Å². The van der Waals surface area contributed by atoms with E-state index in [1.807, 2.05) is 4.90 Å². The highest BCUT2D eigenvalue weighted by atomic mass is 35.5. The lowest BCUT2D eigenvalue weighted by Gasteiger charge is -2.29. The van der Waals surface area contributed by atoms with Gasteiger partial charge >= 0.3 is 12.1 Å². The highest BCUT2D eigenvalue weighted by molar-refractivity contribution is 6.33. The van der Waals surface area contributed by atoms with Gasteiger partial charge in [-0.1, -0.05) is 17.7 Å². The smallest absolute Gasteiger partial charge is 0.417 e. The Morgan fingerprint density at radius 1 is 1.37 bits per heavy atom. The van der Waals surface area contributed by atoms with E-state index in [1.54, 1.807) is 6.92 Å². The van der Waals surface area contributed by atoms with Gasteiger partial charge in [-0.2, -0.15) is 13.2 Å². The summed E-state index contributed by atoms with van der Waals surface area (Å²) in [5, 5.41) is 8.97. The minimum absolute atomic E-state index is 0.0834. The van der Waals surface area contributed by atoms with Crippen molar-refractivity contribution in [1.29, 1.82) is 0 Å². The molecule has 1 aromatic carbocycles. The van der Waals surface area contributed by atoms with Crippen molar-refractivity contribution in [2.24, 2.45) is 5.92 Å². The molecule has 0 saturated carbocycles. The number of halogens is 4. The van der Waals surface area contributed by atoms with Crippen LogP contribution in [0.5, 0.6) is 0 Å². The minimum atomic E-state index is -4.58. The maximum absolute atomic E-state index is 13.3. The number of aromatic nitrogens is 1. The summed E-state index contributed by atoms with van der Waals surface area (Å²) in [6, 6.07) is 3.54. The van der Waals surface area contributed by atoms with Crippen LogP contribution >= 0.6 is 11.6 Å². The fraction of sp³-hybridized carbons (Fsp3) is 0.444. The zero-order valence-corrected chi connectivity index (χ0v) is 15.3. The van der Waals surface area contributed by atoms with Crippen LogP contribution < -0.4 is 0 Å². The summed E-state index contributed by atoms with van der Waals surface area (Å²) in [5.74, 6) is -0.903. The fourth-order valence-corrected chi connectivity index (χ4v) is 3.46. The molecule has 9 heteroatoms. The Bertz CT molecular complexity index is 843. The van der Waals surface area contributed by atoms with Crippen LogP contribution in [0, 0.1) is 12.8 Å². The third kappa shape index (κ3) is 4.27. The molecule has 0 unspecified atom stereocenters. The monoisotopic (exact) mass is 402 g/mol. The number of nitrogens with zero attached hydrogens (tertiary/aromatic N) is 2. The van der Waals surface area contributed by atoms with Gasteiger partial charge in [-0.25, -0.2) is 4.98 Å². The molecule has 0 amide bonds. The minimum Gasteiger partial charge on any atom is -0.481 e. The molecule has 0 aliphatic carbocycles. The van der Waals surface area contributed by atoms with Crippen molar-refractivity contribution in [3.8, 4) is 11.5 Å². The van der Waals surface area contributed by atoms with Gasteiger partial charge in [0, 0.05) is 6.54 Å². The summed E-state index contributed by atoms with van der Waals surface area (Å²) in [7, 11) is 0. The van der Waals surface area contributed by atoms with Crippen LogP contribution in [0.25, 0.3) is 11.5 Å². The molecule has 0 radical (unpaired) electrons. The standard InChI is InChI=1S/C18H18ClF3N2O3/c1-10-14(9-24-7-5-11(6-8-24)17(25)26)23-16(27-10)15-12(18(20,21)22)3-2-4-13(15)19/h2-4,11H,5-9H2,1H3,(H,25,26). The number of aliphatic carboxylic acids is 1. The lowest BCUT2D eigenvalue weighted by molar-refractivity contribution is -0.143. The molecule has 27 heavy (non-hydrogen) atoms. The van der Waals surface area contributed by atoms with Gasteiger partial charge in [-0.15, -0.1) is 0 Å². The molecule has 146 valence electrons. The Morgan fingerprint density at radius 2 is 2.04 bits per heavy atom. The average molecular weight is 403 g/mol. The van der Waals surface area contributed by atoms with E-state index in [4.69, 9.17) is 21.1 Å². The number of carboxylic acid groups (broad SMARTS) is 1. The first-order chi connectivity index (χ1) is 12.7. The lowest BCUT2D eigenvalue weighted by Crippen LogP contribution is -2.36. The Balaban J connectivity index is 1.83. The highest BCUT2D eigenvalue weighted by Gasteiger charge is 2.36. The zero-order valence-electron chi connectivity index (χ0n) is 14.5. The van der Waals surface area contributed by atoms with Gasteiger partial charge in [0.25, 0.3) is 0 Å².